The van der Waals surface area contributed by atoms with Gasteiger partial charge in [0.1, 0.15) is 5.78 Å². The quantitative estimate of drug-likeness (QED) is 0.766. The number of hydrogen-bond donors (Lipinski definition) is 1. The fourth-order valence-corrected chi connectivity index (χ4v) is 1.92. The highest BCUT2D eigenvalue weighted by Crippen LogP contribution is 2.32. The van der Waals surface area contributed by atoms with Crippen molar-refractivity contribution in [2.75, 3.05) is 0 Å². The Labute approximate surface area is 81.4 Å². The van der Waals surface area contributed by atoms with E-state index < -0.39 is 11.9 Å². The average Bonchev–Trinajstić information content (AvgIpc) is 2.43. The predicted octanol–water partition coefficient (Wildman–Crippen LogP) is 1.37. The summed E-state index contributed by atoms with van der Waals surface area (Å²) in [6, 6.07) is 7.43. The van der Waals surface area contributed by atoms with Gasteiger partial charge in [0.25, 0.3) is 0 Å². The molecule has 0 bridgehead atoms. The molecule has 0 fully saturated rings. The zero-order chi connectivity index (χ0) is 10.1. The third-order valence-corrected chi connectivity index (χ3v) is 2.56. The Kier molecular flexibility index (Phi) is 2.08. The van der Waals surface area contributed by atoms with Gasteiger partial charge >= 0.3 is 5.97 Å². The summed E-state index contributed by atoms with van der Waals surface area (Å²) in [5, 5.41) is 8.67. The number of carbonyl (C=O) groups excluding carboxylic acids is 1. The maximum Gasteiger partial charge on any atom is 0.304 e. The lowest BCUT2D eigenvalue weighted by Gasteiger charge is -2.05. The molecule has 3 nitrogen and oxygen atoms in total. The summed E-state index contributed by atoms with van der Waals surface area (Å²) in [7, 11) is 0. The fraction of sp³-hybridized carbons (Fsp3) is 0.273. The van der Waals surface area contributed by atoms with Crippen LogP contribution in [0, 0.1) is 0 Å². The maximum atomic E-state index is 11.5. The van der Waals surface area contributed by atoms with Gasteiger partial charge in [0.2, 0.25) is 0 Å². The van der Waals surface area contributed by atoms with Crippen LogP contribution in [0.5, 0.6) is 0 Å². The molecule has 1 N–H and O–H groups in total. The number of fused-ring (bicyclic) bond motifs is 1. The normalized spacial score (nSPS) is 19.4. The van der Waals surface area contributed by atoms with Crippen LogP contribution in [0.25, 0.3) is 0 Å². The first-order valence-electron chi connectivity index (χ1n) is 4.51. The van der Waals surface area contributed by atoms with Crippen molar-refractivity contribution in [3.8, 4) is 0 Å². The van der Waals surface area contributed by atoms with Gasteiger partial charge < -0.3 is 5.11 Å². The van der Waals surface area contributed by atoms with Crippen LogP contribution in [0.1, 0.15) is 23.5 Å². The van der Waals surface area contributed by atoms with E-state index in [1.807, 2.05) is 24.3 Å². The molecule has 1 aliphatic rings. The van der Waals surface area contributed by atoms with E-state index in [-0.39, 0.29) is 12.2 Å². The molecule has 0 spiro atoms. The van der Waals surface area contributed by atoms with Crippen LogP contribution in [0.3, 0.4) is 0 Å². The molecule has 0 aromatic heterocycles. The Bertz CT molecular complexity index is 395. The second-order valence-electron chi connectivity index (χ2n) is 3.49. The van der Waals surface area contributed by atoms with E-state index in [1.54, 1.807) is 0 Å². The van der Waals surface area contributed by atoms with Crippen molar-refractivity contribution in [2.45, 2.75) is 18.8 Å². The molecule has 0 saturated carbocycles. The fourth-order valence-electron chi connectivity index (χ4n) is 1.92. The lowest BCUT2D eigenvalue weighted by Crippen LogP contribution is -2.11. The Morgan fingerprint density at radius 2 is 2.14 bits per heavy atom. The van der Waals surface area contributed by atoms with Gasteiger partial charge in [0, 0.05) is 6.42 Å². The Balaban J connectivity index is 2.34. The van der Waals surface area contributed by atoms with Gasteiger partial charge in [-0.05, 0) is 11.1 Å². The van der Waals surface area contributed by atoms with Gasteiger partial charge in [-0.15, -0.1) is 0 Å². The van der Waals surface area contributed by atoms with Crippen LogP contribution in [-0.2, 0) is 16.0 Å². The van der Waals surface area contributed by atoms with Crippen LogP contribution < -0.4 is 0 Å². The van der Waals surface area contributed by atoms with Crippen molar-refractivity contribution in [1.29, 1.82) is 0 Å². The third-order valence-electron chi connectivity index (χ3n) is 2.56. The Morgan fingerprint density at radius 1 is 1.43 bits per heavy atom. The first-order chi connectivity index (χ1) is 6.68. The van der Waals surface area contributed by atoms with Crippen molar-refractivity contribution in [3.05, 3.63) is 35.4 Å². The van der Waals surface area contributed by atoms with Crippen LogP contribution in [0.15, 0.2) is 24.3 Å². The molecule has 0 heterocycles. The SMILES string of the molecule is O=C(O)CC1C(=O)Cc2ccccc21. The second-order valence-corrected chi connectivity index (χ2v) is 3.49. The molecule has 2 rings (SSSR count). The molecule has 1 unspecified atom stereocenters. The van der Waals surface area contributed by atoms with Crippen LogP contribution in [-0.4, -0.2) is 16.9 Å². The van der Waals surface area contributed by atoms with Crippen LogP contribution in [0.2, 0.25) is 0 Å². The van der Waals surface area contributed by atoms with E-state index in [1.165, 1.54) is 0 Å². The summed E-state index contributed by atoms with van der Waals surface area (Å²) in [6.07, 6.45) is 0.296. The smallest absolute Gasteiger partial charge is 0.304 e. The summed E-state index contributed by atoms with van der Waals surface area (Å²) in [6.45, 7) is 0. The summed E-state index contributed by atoms with van der Waals surface area (Å²) in [5.41, 5.74) is 1.86. The molecule has 3 heteroatoms. The molecule has 0 amide bonds. The van der Waals surface area contributed by atoms with Crippen LogP contribution >= 0.6 is 0 Å². The van der Waals surface area contributed by atoms with Crippen molar-refractivity contribution in [1.82, 2.24) is 0 Å². The van der Waals surface area contributed by atoms with E-state index in [0.29, 0.717) is 6.42 Å². The molecule has 72 valence electrons. The van der Waals surface area contributed by atoms with Gasteiger partial charge in [0.15, 0.2) is 0 Å². The second kappa shape index (κ2) is 3.25. The van der Waals surface area contributed by atoms with Gasteiger partial charge in [-0.3, -0.25) is 9.59 Å². The zero-order valence-electron chi connectivity index (χ0n) is 7.56. The van der Waals surface area contributed by atoms with Gasteiger partial charge in [-0.1, -0.05) is 24.3 Å². The maximum absolute atomic E-state index is 11.5. The first kappa shape index (κ1) is 8.94. The molecule has 1 aromatic rings. The summed E-state index contributed by atoms with van der Waals surface area (Å²) in [5.74, 6) is -1.32. The van der Waals surface area contributed by atoms with E-state index in [2.05, 4.69) is 0 Å². The number of carbonyl (C=O) groups is 2. The first-order valence-corrected chi connectivity index (χ1v) is 4.51. The van der Waals surface area contributed by atoms with Gasteiger partial charge in [-0.2, -0.15) is 0 Å². The third kappa shape index (κ3) is 1.41. The number of carboxylic acid groups (broad SMARTS) is 1. The Morgan fingerprint density at radius 3 is 2.86 bits per heavy atom. The number of carboxylic acids is 1. The number of Topliss-reactive ketones (excluding diaryl/α,β-unsaturated/α-hetero) is 1. The molecule has 0 radical (unpaired) electrons. The molecule has 0 aliphatic heterocycles. The molecule has 1 aromatic carbocycles. The lowest BCUT2D eigenvalue weighted by atomic mass is 9.97. The number of ketones is 1. The van der Waals surface area contributed by atoms with E-state index in [4.69, 9.17) is 5.11 Å². The zero-order valence-corrected chi connectivity index (χ0v) is 7.56. The van der Waals surface area contributed by atoms with E-state index in [0.717, 1.165) is 11.1 Å². The largest absolute Gasteiger partial charge is 0.481 e. The van der Waals surface area contributed by atoms with Gasteiger partial charge in [-0.25, -0.2) is 0 Å². The van der Waals surface area contributed by atoms with Crippen molar-refractivity contribution in [3.63, 3.8) is 0 Å². The van der Waals surface area contributed by atoms with E-state index in [9.17, 15) is 9.59 Å². The summed E-state index contributed by atoms with van der Waals surface area (Å²) < 4.78 is 0. The topological polar surface area (TPSA) is 54.4 Å². The van der Waals surface area contributed by atoms with Crippen molar-refractivity contribution >= 4 is 11.8 Å². The average molecular weight is 190 g/mol. The van der Waals surface area contributed by atoms with E-state index >= 15 is 0 Å². The highest BCUT2D eigenvalue weighted by Gasteiger charge is 2.31. The minimum Gasteiger partial charge on any atom is -0.481 e. The minimum absolute atomic E-state index is 0.0219. The molecule has 0 saturated heterocycles. The lowest BCUT2D eigenvalue weighted by molar-refractivity contribution is -0.139. The number of benzene rings is 1. The number of aliphatic carboxylic acids is 1. The van der Waals surface area contributed by atoms with Gasteiger partial charge in [0.05, 0.1) is 12.3 Å². The monoisotopic (exact) mass is 190 g/mol. The predicted molar refractivity (Wildman–Crippen MR) is 50.1 cm³/mol. The molecule has 14 heavy (non-hydrogen) atoms. The minimum atomic E-state index is -0.917. The molecular formula is C11H10O3. The van der Waals surface area contributed by atoms with Crippen molar-refractivity contribution in [2.24, 2.45) is 0 Å². The summed E-state index contributed by atoms with van der Waals surface area (Å²) in [4.78, 5) is 22.1. The van der Waals surface area contributed by atoms with Crippen LogP contribution in [0.4, 0.5) is 0 Å². The molecule has 1 aliphatic carbocycles. The van der Waals surface area contributed by atoms with Crippen molar-refractivity contribution < 1.29 is 14.7 Å². The highest BCUT2D eigenvalue weighted by molar-refractivity contribution is 5.95. The standard InChI is InChI=1S/C11H10O3/c12-10-5-7-3-1-2-4-8(7)9(10)6-11(13)14/h1-4,9H,5-6H2,(H,13,14). The summed E-state index contributed by atoms with van der Waals surface area (Å²) >= 11 is 0. The number of hydrogen-bond acceptors (Lipinski definition) is 2. The number of rotatable bonds is 2. The Hall–Kier alpha value is -1.64. The highest BCUT2D eigenvalue weighted by atomic mass is 16.4. The molecule has 1 atom stereocenters. The molecular weight excluding hydrogens is 180 g/mol.